The molecule has 75 heavy (non-hydrogen) atoms. The van der Waals surface area contributed by atoms with Crippen molar-refractivity contribution in [3.63, 3.8) is 0 Å². The highest BCUT2D eigenvalue weighted by Crippen LogP contribution is 2.23. The minimum atomic E-state index is -1.58. The topological polar surface area (TPSA) is 149 Å². The second-order valence-electron chi connectivity index (χ2n) is 22.2. The van der Waals surface area contributed by atoms with E-state index in [0.717, 1.165) is 64.2 Å². The first-order valence-electron chi connectivity index (χ1n) is 32.0. The van der Waals surface area contributed by atoms with Gasteiger partial charge in [0.25, 0.3) is 0 Å². The summed E-state index contributed by atoms with van der Waals surface area (Å²) in [6.07, 6.45) is 68.9. The Balaban J connectivity index is 2.17. The Morgan fingerprint density at radius 1 is 0.453 bits per heavy atom. The largest absolute Gasteiger partial charge is 0.394 e. The van der Waals surface area contributed by atoms with Gasteiger partial charge in [-0.1, -0.05) is 280 Å². The maximum absolute atomic E-state index is 13.1. The smallest absolute Gasteiger partial charge is 0.220 e. The molecule has 1 rings (SSSR count). The zero-order valence-electron chi connectivity index (χ0n) is 48.8. The van der Waals surface area contributed by atoms with Crippen LogP contribution in [0.15, 0.2) is 60.8 Å². The van der Waals surface area contributed by atoms with Gasteiger partial charge < -0.3 is 40.3 Å². The van der Waals surface area contributed by atoms with Crippen molar-refractivity contribution in [3.05, 3.63) is 60.8 Å². The van der Waals surface area contributed by atoms with Crippen LogP contribution in [0.5, 0.6) is 0 Å². The monoisotopic (exact) mass is 1060 g/mol. The van der Waals surface area contributed by atoms with Crippen molar-refractivity contribution >= 4 is 5.91 Å². The van der Waals surface area contributed by atoms with Crippen molar-refractivity contribution in [1.82, 2.24) is 5.32 Å². The maximum atomic E-state index is 13.1. The summed E-state index contributed by atoms with van der Waals surface area (Å²) in [4.78, 5) is 13.1. The number of amides is 1. The fourth-order valence-electron chi connectivity index (χ4n) is 10.0. The van der Waals surface area contributed by atoms with Gasteiger partial charge >= 0.3 is 0 Å². The zero-order valence-corrected chi connectivity index (χ0v) is 48.8. The zero-order chi connectivity index (χ0) is 54.3. The van der Waals surface area contributed by atoms with Gasteiger partial charge in [0.15, 0.2) is 6.29 Å². The Morgan fingerprint density at radius 2 is 0.800 bits per heavy atom. The van der Waals surface area contributed by atoms with Gasteiger partial charge in [0, 0.05) is 6.42 Å². The van der Waals surface area contributed by atoms with E-state index in [9.17, 15) is 30.3 Å². The average molecular weight is 1060 g/mol. The molecule has 9 heteroatoms. The second kappa shape index (κ2) is 55.2. The highest BCUT2D eigenvalue weighted by Gasteiger charge is 2.44. The number of aliphatic hydroxyl groups is 5. The molecule has 0 bridgehead atoms. The van der Waals surface area contributed by atoms with Gasteiger partial charge in [-0.2, -0.15) is 0 Å². The maximum Gasteiger partial charge on any atom is 0.220 e. The van der Waals surface area contributed by atoms with E-state index in [1.54, 1.807) is 6.08 Å². The minimum absolute atomic E-state index is 0.198. The van der Waals surface area contributed by atoms with Gasteiger partial charge in [-0.25, -0.2) is 0 Å². The summed E-state index contributed by atoms with van der Waals surface area (Å²) in [6.45, 7) is 3.75. The molecule has 0 saturated carbocycles. The first kappa shape index (κ1) is 70.9. The summed E-state index contributed by atoms with van der Waals surface area (Å²) >= 11 is 0. The van der Waals surface area contributed by atoms with Crippen LogP contribution in [0.4, 0.5) is 0 Å². The molecule has 0 radical (unpaired) electrons. The number of unbranched alkanes of at least 4 members (excludes halogenated alkanes) is 37. The Hall–Kier alpha value is -2.11. The van der Waals surface area contributed by atoms with E-state index in [2.05, 4.69) is 67.8 Å². The summed E-state index contributed by atoms with van der Waals surface area (Å²) in [6, 6.07) is -0.833. The number of rotatable bonds is 55. The number of nitrogens with one attached hydrogen (secondary N) is 1. The number of ether oxygens (including phenoxy) is 2. The van der Waals surface area contributed by atoms with E-state index in [1.807, 2.05) is 6.08 Å². The third-order valence-corrected chi connectivity index (χ3v) is 15.1. The Kier molecular flexibility index (Phi) is 52.2. The van der Waals surface area contributed by atoms with Crippen LogP contribution in [0, 0.1) is 0 Å². The van der Waals surface area contributed by atoms with E-state index in [-0.39, 0.29) is 12.5 Å². The molecule has 1 amide bonds. The van der Waals surface area contributed by atoms with Crippen molar-refractivity contribution in [2.75, 3.05) is 13.2 Å². The molecule has 0 aromatic carbocycles. The Bertz CT molecular complexity index is 1360. The summed E-state index contributed by atoms with van der Waals surface area (Å²) in [7, 11) is 0. The van der Waals surface area contributed by atoms with Gasteiger partial charge in [0.1, 0.15) is 24.4 Å². The lowest BCUT2D eigenvalue weighted by atomic mass is 9.99. The lowest BCUT2D eigenvalue weighted by Crippen LogP contribution is -2.60. The fraction of sp³-hybridized carbons (Fsp3) is 0.833. The van der Waals surface area contributed by atoms with Gasteiger partial charge in [-0.05, 0) is 70.6 Å². The van der Waals surface area contributed by atoms with Gasteiger partial charge in [0.2, 0.25) is 5.91 Å². The predicted molar refractivity (Wildman–Crippen MR) is 318 cm³/mol. The van der Waals surface area contributed by atoms with Crippen molar-refractivity contribution in [1.29, 1.82) is 0 Å². The number of carbonyl (C=O) groups is 1. The molecule has 7 unspecified atom stereocenters. The number of carbonyl (C=O) groups excluding carboxylic acids is 1. The first-order valence-corrected chi connectivity index (χ1v) is 32.0. The number of aliphatic hydroxyl groups excluding tert-OH is 5. The predicted octanol–water partition coefficient (Wildman–Crippen LogP) is 16.6. The van der Waals surface area contributed by atoms with Crippen LogP contribution in [0.25, 0.3) is 0 Å². The number of hydrogen-bond acceptors (Lipinski definition) is 8. The van der Waals surface area contributed by atoms with Crippen LogP contribution in [-0.4, -0.2) is 87.5 Å². The van der Waals surface area contributed by atoms with Crippen LogP contribution in [-0.2, 0) is 14.3 Å². The summed E-state index contributed by atoms with van der Waals surface area (Å²) in [5, 5.41) is 54.6. The van der Waals surface area contributed by atoms with Crippen molar-refractivity contribution in [2.45, 2.75) is 339 Å². The molecule has 0 aliphatic carbocycles. The number of allylic oxidation sites excluding steroid dienone is 9. The van der Waals surface area contributed by atoms with E-state index in [0.29, 0.717) is 6.42 Å². The van der Waals surface area contributed by atoms with E-state index in [1.165, 1.54) is 212 Å². The van der Waals surface area contributed by atoms with E-state index in [4.69, 9.17) is 9.47 Å². The lowest BCUT2D eigenvalue weighted by Gasteiger charge is -2.40. The Labute approximate surface area is 462 Å². The molecule has 9 nitrogen and oxygen atoms in total. The van der Waals surface area contributed by atoms with Crippen LogP contribution in [0.3, 0.4) is 0 Å². The van der Waals surface area contributed by atoms with Crippen molar-refractivity contribution in [3.8, 4) is 0 Å². The first-order chi connectivity index (χ1) is 36.8. The molecule has 0 spiro atoms. The molecule has 1 fully saturated rings. The molecule has 1 aliphatic heterocycles. The van der Waals surface area contributed by atoms with Gasteiger partial charge in [-0.15, -0.1) is 0 Å². The summed E-state index contributed by atoms with van der Waals surface area (Å²) in [5.41, 5.74) is 0. The van der Waals surface area contributed by atoms with Crippen molar-refractivity contribution in [2.24, 2.45) is 0 Å². The molecular formula is C66H121NO8. The average Bonchev–Trinajstić information content (AvgIpc) is 3.41. The molecule has 438 valence electrons. The molecule has 6 N–H and O–H groups in total. The van der Waals surface area contributed by atoms with Crippen LogP contribution in [0.1, 0.15) is 296 Å². The quantitative estimate of drug-likeness (QED) is 0.0261. The standard InChI is InChI=1S/C66H121NO8/c1-3-5-7-9-11-13-15-17-19-21-23-24-25-26-27-28-29-30-31-32-33-34-35-36-38-39-41-43-45-47-49-51-53-55-60(69)59(58-74-66-65(73)64(72)63(71)61(57-68)75-66)67-62(70)56-54-52-50-48-46-44-42-40-37-22-20-18-16-14-12-10-8-6-4-2/h12,14,18,20,37,40,45,47,53,55,59-61,63-66,68-69,71-73H,3-11,13,15-17,19,21-36,38-39,41-44,46,48-52,54,56-58H2,1-2H3,(H,67,70)/b14-12-,20-18-,40-37-,47-45+,55-53+. The Morgan fingerprint density at radius 3 is 1.24 bits per heavy atom. The second-order valence-corrected chi connectivity index (χ2v) is 22.2. The normalized spacial score (nSPS) is 19.3. The van der Waals surface area contributed by atoms with E-state index >= 15 is 0 Å². The molecule has 0 aromatic rings. The molecule has 1 saturated heterocycles. The number of hydrogen-bond donors (Lipinski definition) is 6. The lowest BCUT2D eigenvalue weighted by molar-refractivity contribution is -0.302. The van der Waals surface area contributed by atoms with Crippen LogP contribution in [0.2, 0.25) is 0 Å². The van der Waals surface area contributed by atoms with Crippen LogP contribution < -0.4 is 5.32 Å². The molecule has 0 aromatic heterocycles. The van der Waals surface area contributed by atoms with E-state index < -0.39 is 49.5 Å². The van der Waals surface area contributed by atoms with Gasteiger partial charge in [-0.3, -0.25) is 4.79 Å². The molecule has 1 heterocycles. The third-order valence-electron chi connectivity index (χ3n) is 15.1. The van der Waals surface area contributed by atoms with Crippen LogP contribution >= 0.6 is 0 Å². The summed E-state index contributed by atoms with van der Waals surface area (Å²) < 4.78 is 11.3. The molecular weight excluding hydrogens is 935 g/mol. The summed E-state index contributed by atoms with van der Waals surface area (Å²) in [5.74, 6) is -0.198. The van der Waals surface area contributed by atoms with Gasteiger partial charge in [0.05, 0.1) is 25.4 Å². The fourth-order valence-corrected chi connectivity index (χ4v) is 10.0. The molecule has 1 aliphatic rings. The molecule has 7 atom stereocenters. The highest BCUT2D eigenvalue weighted by molar-refractivity contribution is 5.76. The minimum Gasteiger partial charge on any atom is -0.394 e. The SMILES string of the molecule is CCCCC/C=C\C/C=C\C/C=C\CCCCCCCCC(=O)NC(COC1OC(CO)C(O)C(O)C1O)C(O)/C=C/CC/C=C/CCCCCCCCCCCCCCCCCCCCCCCCCCCCC. The van der Waals surface area contributed by atoms with Crippen molar-refractivity contribution < 1.29 is 39.8 Å². The third kappa shape index (κ3) is 44.4. The highest BCUT2D eigenvalue weighted by atomic mass is 16.7.